The Labute approximate surface area is 203 Å². The lowest BCUT2D eigenvalue weighted by Gasteiger charge is -2.24. The summed E-state index contributed by atoms with van der Waals surface area (Å²) in [6.07, 6.45) is 1.61. The normalized spacial score (nSPS) is 10.8. The maximum absolute atomic E-state index is 13.5. The highest BCUT2D eigenvalue weighted by Gasteiger charge is 2.28. The minimum Gasteiger partial charge on any atom is -0.493 e. The van der Waals surface area contributed by atoms with E-state index in [0.717, 1.165) is 16.4 Å². The van der Waals surface area contributed by atoms with Gasteiger partial charge in [0.1, 0.15) is 24.7 Å². The number of ether oxygens (including phenoxy) is 3. The Morgan fingerprint density at radius 2 is 1.66 bits per heavy atom. The number of nitrogens with one attached hydrogen (secondary N) is 1. The third-order valence-corrected chi connectivity index (χ3v) is 6.62. The molecule has 8 nitrogen and oxygen atoms in total. The summed E-state index contributed by atoms with van der Waals surface area (Å²) in [7, 11) is -1.43. The van der Waals surface area contributed by atoms with E-state index in [0.29, 0.717) is 23.8 Å². The molecule has 0 aromatic heterocycles. The second kappa shape index (κ2) is 11.4. The highest BCUT2D eigenvalue weighted by molar-refractivity contribution is 7.92. The van der Waals surface area contributed by atoms with E-state index in [1.165, 1.54) is 44.6 Å². The number of methoxy groups -OCH3 is 2. The lowest BCUT2D eigenvalue weighted by atomic mass is 10.3. The Balaban J connectivity index is 1.89. The van der Waals surface area contributed by atoms with Crippen LogP contribution in [0.3, 0.4) is 0 Å². The van der Waals surface area contributed by atoms with Crippen LogP contribution in [0.4, 0.5) is 15.8 Å². The molecule has 0 saturated heterocycles. The van der Waals surface area contributed by atoms with Crippen LogP contribution in [0, 0.1) is 5.82 Å². The zero-order valence-electron chi connectivity index (χ0n) is 19.2. The van der Waals surface area contributed by atoms with Gasteiger partial charge in [0, 0.05) is 11.8 Å². The van der Waals surface area contributed by atoms with Gasteiger partial charge in [-0.1, -0.05) is 12.7 Å². The summed E-state index contributed by atoms with van der Waals surface area (Å²) in [5, 5.41) is 2.66. The second-order valence-electron chi connectivity index (χ2n) is 7.18. The molecule has 0 saturated carbocycles. The van der Waals surface area contributed by atoms with E-state index >= 15 is 0 Å². The molecule has 3 aromatic rings. The maximum Gasteiger partial charge on any atom is 0.264 e. The molecule has 0 aliphatic carbocycles. The van der Waals surface area contributed by atoms with Gasteiger partial charge < -0.3 is 19.5 Å². The number of halogens is 1. The Morgan fingerprint density at radius 1 is 1.00 bits per heavy atom. The lowest BCUT2D eigenvalue weighted by Crippen LogP contribution is -2.38. The van der Waals surface area contributed by atoms with Gasteiger partial charge >= 0.3 is 0 Å². The summed E-state index contributed by atoms with van der Waals surface area (Å²) >= 11 is 0. The summed E-state index contributed by atoms with van der Waals surface area (Å²) in [6, 6.07) is 15.5. The molecule has 1 N–H and O–H groups in total. The van der Waals surface area contributed by atoms with Gasteiger partial charge in [-0.2, -0.15) is 0 Å². The number of hydrogen-bond donors (Lipinski definition) is 1. The first-order chi connectivity index (χ1) is 16.8. The van der Waals surface area contributed by atoms with E-state index in [9.17, 15) is 17.6 Å². The molecule has 1 amide bonds. The maximum atomic E-state index is 13.5. The van der Waals surface area contributed by atoms with Crippen molar-refractivity contribution in [3.63, 3.8) is 0 Å². The summed E-state index contributed by atoms with van der Waals surface area (Å²) < 4.78 is 57.3. The number of nitrogens with zero attached hydrogens (tertiary/aromatic N) is 1. The van der Waals surface area contributed by atoms with Gasteiger partial charge in [0.05, 0.1) is 24.8 Å². The minimum absolute atomic E-state index is 0.115. The molecule has 0 radical (unpaired) electrons. The number of sulfonamides is 1. The third-order valence-electron chi connectivity index (χ3n) is 4.85. The quantitative estimate of drug-likeness (QED) is 0.396. The van der Waals surface area contributed by atoms with Gasteiger partial charge in [-0.3, -0.25) is 9.10 Å². The highest BCUT2D eigenvalue weighted by Crippen LogP contribution is 2.32. The van der Waals surface area contributed by atoms with Crippen LogP contribution in [-0.2, 0) is 14.8 Å². The molecule has 0 fully saturated rings. The van der Waals surface area contributed by atoms with Crippen molar-refractivity contribution >= 4 is 27.3 Å². The molecule has 3 rings (SSSR count). The average molecular weight is 501 g/mol. The Kier molecular flexibility index (Phi) is 8.32. The van der Waals surface area contributed by atoms with Crippen LogP contribution in [0.2, 0.25) is 0 Å². The smallest absolute Gasteiger partial charge is 0.264 e. The van der Waals surface area contributed by atoms with E-state index in [2.05, 4.69) is 11.9 Å². The van der Waals surface area contributed by atoms with Crippen LogP contribution in [0.25, 0.3) is 0 Å². The molecule has 35 heavy (non-hydrogen) atoms. The monoisotopic (exact) mass is 500 g/mol. The molecule has 0 unspecified atom stereocenters. The SMILES string of the molecule is C=CCOc1ccc(NC(=O)CN(c2ccc(F)cc2)S(=O)(=O)c2ccc(OC)c(OC)c2)cc1. The number of rotatable bonds is 11. The first-order valence-electron chi connectivity index (χ1n) is 10.4. The first kappa shape index (κ1) is 25.6. The Hall–Kier alpha value is -4.05. The van der Waals surface area contributed by atoms with Gasteiger partial charge in [-0.05, 0) is 60.7 Å². The van der Waals surface area contributed by atoms with E-state index in [4.69, 9.17) is 14.2 Å². The summed E-state index contributed by atoms with van der Waals surface area (Å²) in [4.78, 5) is 12.7. The predicted octanol–water partition coefficient (Wildman–Crippen LogP) is 4.24. The van der Waals surface area contributed by atoms with E-state index < -0.39 is 28.3 Å². The van der Waals surface area contributed by atoms with Crippen LogP contribution in [0.15, 0.2) is 84.3 Å². The molecule has 0 bridgehead atoms. The predicted molar refractivity (Wildman–Crippen MR) is 131 cm³/mol. The molecule has 3 aromatic carbocycles. The largest absolute Gasteiger partial charge is 0.493 e. The van der Waals surface area contributed by atoms with Gasteiger partial charge in [0.2, 0.25) is 5.91 Å². The highest BCUT2D eigenvalue weighted by atomic mass is 32.2. The van der Waals surface area contributed by atoms with Crippen molar-refractivity contribution in [2.24, 2.45) is 0 Å². The number of carbonyl (C=O) groups is 1. The van der Waals surface area contributed by atoms with Gasteiger partial charge in [0.15, 0.2) is 11.5 Å². The number of anilines is 2. The Morgan fingerprint density at radius 3 is 2.26 bits per heavy atom. The van der Waals surface area contributed by atoms with Crippen LogP contribution in [0.5, 0.6) is 17.2 Å². The topological polar surface area (TPSA) is 94.2 Å². The molecular formula is C25H25FN2O6S. The Bertz CT molecular complexity index is 1280. The van der Waals surface area contributed by atoms with Gasteiger partial charge in [-0.25, -0.2) is 12.8 Å². The molecule has 10 heteroatoms. The zero-order chi connectivity index (χ0) is 25.4. The van der Waals surface area contributed by atoms with Crippen molar-refractivity contribution in [2.45, 2.75) is 4.90 Å². The van der Waals surface area contributed by atoms with Gasteiger partial charge in [-0.15, -0.1) is 0 Å². The molecule has 0 aliphatic heterocycles. The van der Waals surface area contributed by atoms with Crippen molar-refractivity contribution in [1.82, 2.24) is 0 Å². The fraction of sp³-hybridized carbons (Fsp3) is 0.160. The minimum atomic E-state index is -4.24. The van der Waals surface area contributed by atoms with Crippen molar-refractivity contribution in [3.8, 4) is 17.2 Å². The van der Waals surface area contributed by atoms with Crippen molar-refractivity contribution in [1.29, 1.82) is 0 Å². The summed E-state index contributed by atoms with van der Waals surface area (Å²) in [5.41, 5.74) is 0.563. The third kappa shape index (κ3) is 6.30. The molecule has 0 aliphatic rings. The number of benzene rings is 3. The summed E-state index contributed by atoms with van der Waals surface area (Å²) in [6.45, 7) is 3.36. The molecular weight excluding hydrogens is 475 g/mol. The van der Waals surface area contributed by atoms with Crippen LogP contribution >= 0.6 is 0 Å². The number of amides is 1. The standard InChI is InChI=1S/C25H25FN2O6S/c1-4-15-34-21-11-7-19(8-12-21)27-25(29)17-28(20-9-5-18(26)6-10-20)35(30,31)22-13-14-23(32-2)24(16-22)33-3/h4-14,16H,1,15,17H2,2-3H3,(H,27,29). The van der Waals surface area contributed by atoms with Crippen LogP contribution in [0.1, 0.15) is 0 Å². The molecule has 0 heterocycles. The molecule has 184 valence electrons. The van der Waals surface area contributed by atoms with Crippen LogP contribution in [-0.4, -0.2) is 41.7 Å². The van der Waals surface area contributed by atoms with Crippen molar-refractivity contribution in [2.75, 3.05) is 37.0 Å². The fourth-order valence-electron chi connectivity index (χ4n) is 3.15. The summed E-state index contributed by atoms with van der Waals surface area (Å²) in [5.74, 6) is -0.000628. The number of hydrogen-bond acceptors (Lipinski definition) is 6. The van der Waals surface area contributed by atoms with E-state index in [1.54, 1.807) is 30.3 Å². The lowest BCUT2D eigenvalue weighted by molar-refractivity contribution is -0.114. The average Bonchev–Trinajstić information content (AvgIpc) is 2.87. The van der Waals surface area contributed by atoms with E-state index in [-0.39, 0.29) is 16.3 Å². The van der Waals surface area contributed by atoms with Gasteiger partial charge in [0.25, 0.3) is 10.0 Å². The molecule has 0 atom stereocenters. The van der Waals surface area contributed by atoms with Crippen molar-refractivity contribution in [3.05, 3.63) is 85.2 Å². The van der Waals surface area contributed by atoms with Crippen molar-refractivity contribution < 1.29 is 31.8 Å². The van der Waals surface area contributed by atoms with Crippen LogP contribution < -0.4 is 23.8 Å². The first-order valence-corrected chi connectivity index (χ1v) is 11.9. The second-order valence-corrected chi connectivity index (χ2v) is 9.04. The molecule has 0 spiro atoms. The van der Waals surface area contributed by atoms with E-state index in [1.807, 2.05) is 0 Å². The zero-order valence-corrected chi connectivity index (χ0v) is 20.0. The number of carbonyl (C=O) groups excluding carboxylic acids is 1. The fourth-order valence-corrected chi connectivity index (χ4v) is 4.58.